The summed E-state index contributed by atoms with van der Waals surface area (Å²) in [6.45, 7) is 4.16. The molecule has 30 heavy (non-hydrogen) atoms. The predicted octanol–water partition coefficient (Wildman–Crippen LogP) is 3.88. The number of pyridine rings is 1. The van der Waals surface area contributed by atoms with Gasteiger partial charge in [-0.15, -0.1) is 0 Å². The van der Waals surface area contributed by atoms with Gasteiger partial charge in [-0.1, -0.05) is 36.4 Å². The molecule has 1 unspecified atom stereocenters. The van der Waals surface area contributed by atoms with Crippen LogP contribution in [-0.4, -0.2) is 38.2 Å². The molecule has 0 aliphatic carbocycles. The van der Waals surface area contributed by atoms with E-state index in [1.54, 1.807) is 0 Å². The van der Waals surface area contributed by atoms with E-state index in [1.807, 2.05) is 37.2 Å². The number of benzene rings is 2. The van der Waals surface area contributed by atoms with Crippen molar-refractivity contribution in [3.8, 4) is 5.75 Å². The predicted molar refractivity (Wildman–Crippen MR) is 123 cm³/mol. The third kappa shape index (κ3) is 4.32. The van der Waals surface area contributed by atoms with Gasteiger partial charge in [0.15, 0.2) is 5.96 Å². The van der Waals surface area contributed by atoms with Crippen LogP contribution < -0.4 is 20.3 Å². The molecule has 0 saturated carbocycles. The van der Waals surface area contributed by atoms with Gasteiger partial charge in [-0.2, -0.15) is 0 Å². The topological polar surface area (TPSA) is 61.8 Å². The molecule has 156 valence electrons. The first-order chi connectivity index (χ1) is 14.7. The lowest BCUT2D eigenvalue weighted by Gasteiger charge is -2.28. The van der Waals surface area contributed by atoms with E-state index in [1.165, 1.54) is 5.56 Å². The maximum atomic E-state index is 5.80. The summed E-state index contributed by atoms with van der Waals surface area (Å²) < 4.78 is 5.80. The lowest BCUT2D eigenvalue weighted by Crippen LogP contribution is -2.41. The van der Waals surface area contributed by atoms with Crippen LogP contribution in [0.4, 0.5) is 5.82 Å². The highest BCUT2D eigenvalue weighted by molar-refractivity contribution is 5.85. The number of para-hydroxylation sites is 2. The number of guanidine groups is 1. The van der Waals surface area contributed by atoms with Gasteiger partial charge < -0.3 is 20.3 Å². The monoisotopic (exact) mass is 403 g/mol. The average Bonchev–Trinajstić information content (AvgIpc) is 2.77. The normalized spacial score (nSPS) is 16.0. The molecule has 2 aromatic carbocycles. The molecule has 2 N–H and O–H groups in total. The van der Waals surface area contributed by atoms with Gasteiger partial charge in [-0.3, -0.25) is 0 Å². The van der Waals surface area contributed by atoms with Crippen molar-refractivity contribution >= 4 is 22.7 Å². The van der Waals surface area contributed by atoms with Crippen LogP contribution in [0, 0.1) is 0 Å². The summed E-state index contributed by atoms with van der Waals surface area (Å²) in [5, 5.41) is 8.13. The van der Waals surface area contributed by atoms with Crippen LogP contribution in [0.25, 0.3) is 10.9 Å². The van der Waals surface area contributed by atoms with E-state index >= 15 is 0 Å². The molecule has 0 amide bonds. The molecule has 0 spiro atoms. The summed E-state index contributed by atoms with van der Waals surface area (Å²) in [6.07, 6.45) is 0.907. The number of hydrogen-bond acceptors (Lipinski definition) is 4. The Balaban J connectivity index is 1.61. The molecular weight excluding hydrogens is 374 g/mol. The first kappa shape index (κ1) is 20.0. The maximum absolute atomic E-state index is 5.80. The summed E-state index contributed by atoms with van der Waals surface area (Å²) in [7, 11) is 4.02. The van der Waals surface area contributed by atoms with Crippen molar-refractivity contribution in [2.45, 2.75) is 25.9 Å². The van der Waals surface area contributed by atoms with Crippen molar-refractivity contribution in [3.63, 3.8) is 0 Å². The van der Waals surface area contributed by atoms with Crippen molar-refractivity contribution in [1.82, 2.24) is 15.6 Å². The second-order valence-corrected chi connectivity index (χ2v) is 7.62. The molecule has 0 bridgehead atoms. The van der Waals surface area contributed by atoms with Gasteiger partial charge in [-0.05, 0) is 30.7 Å². The number of aliphatic imine (C=N–C) groups is 1. The fourth-order valence-electron chi connectivity index (χ4n) is 3.73. The van der Waals surface area contributed by atoms with E-state index in [4.69, 9.17) is 14.7 Å². The van der Waals surface area contributed by atoms with Crippen LogP contribution in [0.3, 0.4) is 0 Å². The van der Waals surface area contributed by atoms with E-state index in [9.17, 15) is 0 Å². The fourth-order valence-corrected chi connectivity index (χ4v) is 3.73. The van der Waals surface area contributed by atoms with E-state index in [0.29, 0.717) is 13.2 Å². The van der Waals surface area contributed by atoms with Crippen LogP contribution in [-0.2, 0) is 6.54 Å². The second-order valence-electron chi connectivity index (χ2n) is 7.62. The summed E-state index contributed by atoms with van der Waals surface area (Å²) in [5.74, 6) is 2.70. The molecule has 1 aliphatic rings. The molecule has 1 aromatic heterocycles. The smallest absolute Gasteiger partial charge is 0.192 e. The maximum Gasteiger partial charge on any atom is 0.192 e. The van der Waals surface area contributed by atoms with Gasteiger partial charge in [0.2, 0.25) is 0 Å². The zero-order chi connectivity index (χ0) is 20.9. The molecule has 6 heteroatoms. The lowest BCUT2D eigenvalue weighted by molar-refractivity contribution is 0.261. The third-order valence-electron chi connectivity index (χ3n) is 5.27. The highest BCUT2D eigenvalue weighted by Gasteiger charge is 2.21. The number of anilines is 1. The van der Waals surface area contributed by atoms with E-state index < -0.39 is 0 Å². The number of nitrogens with zero attached hydrogens (tertiary/aromatic N) is 3. The second kappa shape index (κ2) is 9.03. The summed E-state index contributed by atoms with van der Waals surface area (Å²) in [4.78, 5) is 11.7. The van der Waals surface area contributed by atoms with Crippen molar-refractivity contribution in [1.29, 1.82) is 0 Å². The van der Waals surface area contributed by atoms with Gasteiger partial charge in [0.25, 0.3) is 0 Å². The minimum absolute atomic E-state index is 0.180. The number of nitrogens with one attached hydrogen (secondary N) is 2. The van der Waals surface area contributed by atoms with Crippen LogP contribution in [0.15, 0.2) is 59.6 Å². The Labute approximate surface area is 178 Å². The summed E-state index contributed by atoms with van der Waals surface area (Å²) in [5.41, 5.74) is 3.33. The van der Waals surface area contributed by atoms with Crippen LogP contribution in [0.2, 0.25) is 0 Å². The zero-order valence-electron chi connectivity index (χ0n) is 17.9. The first-order valence-electron chi connectivity index (χ1n) is 10.5. The molecule has 0 fully saturated rings. The highest BCUT2D eigenvalue weighted by atomic mass is 16.5. The lowest BCUT2D eigenvalue weighted by atomic mass is 10.0. The molecule has 0 radical (unpaired) electrons. The van der Waals surface area contributed by atoms with Gasteiger partial charge in [-0.25, -0.2) is 9.98 Å². The minimum Gasteiger partial charge on any atom is -0.493 e. The number of aromatic nitrogens is 1. The van der Waals surface area contributed by atoms with Gasteiger partial charge in [0.1, 0.15) is 11.6 Å². The molecule has 1 aliphatic heterocycles. The Morgan fingerprint density at radius 1 is 1.17 bits per heavy atom. The van der Waals surface area contributed by atoms with Gasteiger partial charge in [0.05, 0.1) is 24.7 Å². The highest BCUT2D eigenvalue weighted by Crippen LogP contribution is 2.31. The summed E-state index contributed by atoms with van der Waals surface area (Å²) in [6, 6.07) is 18.8. The number of hydrogen-bond donors (Lipinski definition) is 2. The first-order valence-corrected chi connectivity index (χ1v) is 10.5. The molecule has 6 nitrogen and oxygen atoms in total. The van der Waals surface area contributed by atoms with E-state index in [-0.39, 0.29) is 6.04 Å². The molecule has 0 saturated heterocycles. The molecule has 3 aromatic rings. The Bertz CT molecular complexity index is 1050. The van der Waals surface area contributed by atoms with Crippen molar-refractivity contribution < 1.29 is 4.74 Å². The number of rotatable bonds is 5. The Hall–Kier alpha value is -3.28. The molecule has 1 atom stereocenters. The van der Waals surface area contributed by atoms with Gasteiger partial charge in [0, 0.05) is 38.0 Å². The Kier molecular flexibility index (Phi) is 6.02. The van der Waals surface area contributed by atoms with E-state index in [2.05, 4.69) is 54.0 Å². The molecular formula is C24H29N5O. The fraction of sp³-hybridized carbons (Fsp3) is 0.333. The summed E-state index contributed by atoms with van der Waals surface area (Å²) >= 11 is 0. The van der Waals surface area contributed by atoms with Crippen LogP contribution >= 0.6 is 0 Å². The largest absolute Gasteiger partial charge is 0.493 e. The van der Waals surface area contributed by atoms with Crippen molar-refractivity contribution in [2.24, 2.45) is 4.99 Å². The standard InChI is InChI=1S/C24H29N5O/c1-4-25-24(28-21-13-14-30-22-12-8-6-10-19(21)22)26-16-17-15-23(29(2)3)27-20-11-7-5-9-18(17)20/h5-12,15,21H,4,13-14,16H2,1-3H3,(H2,25,26,28). The van der Waals surface area contributed by atoms with Crippen LogP contribution in [0.5, 0.6) is 5.75 Å². The van der Waals surface area contributed by atoms with E-state index in [0.717, 1.165) is 47.0 Å². The third-order valence-corrected chi connectivity index (χ3v) is 5.27. The molecule has 2 heterocycles. The van der Waals surface area contributed by atoms with Gasteiger partial charge >= 0.3 is 0 Å². The minimum atomic E-state index is 0.180. The van der Waals surface area contributed by atoms with Crippen molar-refractivity contribution in [2.75, 3.05) is 32.1 Å². The number of fused-ring (bicyclic) bond motifs is 2. The Morgan fingerprint density at radius 3 is 2.80 bits per heavy atom. The van der Waals surface area contributed by atoms with Crippen LogP contribution in [0.1, 0.15) is 30.5 Å². The van der Waals surface area contributed by atoms with Crippen molar-refractivity contribution in [3.05, 3.63) is 65.7 Å². The SMILES string of the molecule is CCNC(=NCc1cc(N(C)C)nc2ccccc12)NC1CCOc2ccccc21. The quantitative estimate of drug-likeness (QED) is 0.500. The average molecular weight is 404 g/mol. The molecule has 4 rings (SSSR count). The zero-order valence-corrected chi connectivity index (χ0v) is 17.9. The number of ether oxygens (including phenoxy) is 1. The Morgan fingerprint density at radius 2 is 1.97 bits per heavy atom.